The molecule has 1 aliphatic heterocycles. The van der Waals surface area contributed by atoms with Gasteiger partial charge in [-0.05, 0) is 45.2 Å². The van der Waals surface area contributed by atoms with Crippen LogP contribution in [0.1, 0.15) is 30.9 Å². The summed E-state index contributed by atoms with van der Waals surface area (Å²) in [7, 11) is 1.98. The highest BCUT2D eigenvalue weighted by molar-refractivity contribution is 4.91. The second-order valence-corrected chi connectivity index (χ2v) is 4.45. The van der Waals surface area contributed by atoms with Gasteiger partial charge in [0.2, 0.25) is 0 Å². The second kappa shape index (κ2) is 4.75. The van der Waals surface area contributed by atoms with Crippen LogP contribution in [0.15, 0.2) is 0 Å². The van der Waals surface area contributed by atoms with E-state index in [0.29, 0.717) is 0 Å². The normalized spacial score (nSPS) is 21.9. The fourth-order valence-corrected chi connectivity index (χ4v) is 2.28. The Morgan fingerprint density at radius 3 is 3.00 bits per heavy atom. The molecule has 1 saturated heterocycles. The van der Waals surface area contributed by atoms with Crippen molar-refractivity contribution in [2.24, 2.45) is 13.0 Å². The lowest BCUT2D eigenvalue weighted by atomic mass is 9.94. The average molecular weight is 208 g/mol. The molecule has 0 saturated carbocycles. The van der Waals surface area contributed by atoms with Crippen LogP contribution in [0.3, 0.4) is 0 Å². The van der Waals surface area contributed by atoms with Crippen LogP contribution in [0.25, 0.3) is 0 Å². The summed E-state index contributed by atoms with van der Waals surface area (Å²) in [6.45, 7) is 4.32. The Bertz CT molecular complexity index is 312. The van der Waals surface area contributed by atoms with E-state index in [9.17, 15) is 0 Å². The van der Waals surface area contributed by atoms with E-state index in [-0.39, 0.29) is 0 Å². The number of hydrogen-bond donors (Lipinski definition) is 1. The molecule has 1 aliphatic rings. The summed E-state index contributed by atoms with van der Waals surface area (Å²) in [5.74, 6) is 2.84. The van der Waals surface area contributed by atoms with Crippen molar-refractivity contribution in [1.82, 2.24) is 20.1 Å². The molecular formula is C11H20N4. The fourth-order valence-electron chi connectivity index (χ4n) is 2.28. The molecular weight excluding hydrogens is 188 g/mol. The summed E-state index contributed by atoms with van der Waals surface area (Å²) in [4.78, 5) is 4.43. The largest absolute Gasteiger partial charge is 0.316 e. The van der Waals surface area contributed by atoms with Crippen molar-refractivity contribution in [1.29, 1.82) is 0 Å². The number of aryl methyl sites for hydroxylation is 3. The van der Waals surface area contributed by atoms with Crippen molar-refractivity contribution in [3.8, 4) is 0 Å². The van der Waals surface area contributed by atoms with Gasteiger partial charge in [-0.1, -0.05) is 0 Å². The maximum atomic E-state index is 4.43. The van der Waals surface area contributed by atoms with Gasteiger partial charge in [-0.15, -0.1) is 0 Å². The van der Waals surface area contributed by atoms with Crippen LogP contribution in [-0.4, -0.2) is 27.9 Å². The van der Waals surface area contributed by atoms with E-state index in [1.165, 1.54) is 32.4 Å². The molecule has 0 aromatic carbocycles. The Morgan fingerprint density at radius 2 is 2.40 bits per heavy atom. The van der Waals surface area contributed by atoms with Crippen LogP contribution in [0.2, 0.25) is 0 Å². The third-order valence-corrected chi connectivity index (χ3v) is 3.13. The molecule has 0 aliphatic carbocycles. The van der Waals surface area contributed by atoms with E-state index in [1.807, 2.05) is 18.7 Å². The van der Waals surface area contributed by atoms with Crippen LogP contribution in [0, 0.1) is 12.8 Å². The number of aromatic nitrogens is 3. The molecule has 1 N–H and O–H groups in total. The molecule has 2 heterocycles. The molecule has 0 amide bonds. The number of piperidine rings is 1. The Balaban J connectivity index is 1.84. The minimum absolute atomic E-state index is 0.829. The van der Waals surface area contributed by atoms with Crippen molar-refractivity contribution in [3.05, 3.63) is 11.6 Å². The monoisotopic (exact) mass is 208 g/mol. The molecule has 1 atom stereocenters. The highest BCUT2D eigenvalue weighted by atomic mass is 15.3. The summed E-state index contributed by atoms with van der Waals surface area (Å²) in [5, 5.41) is 7.71. The third kappa shape index (κ3) is 2.78. The van der Waals surface area contributed by atoms with Crippen LogP contribution in [0.5, 0.6) is 0 Å². The van der Waals surface area contributed by atoms with Crippen molar-refractivity contribution in [2.75, 3.05) is 13.1 Å². The van der Waals surface area contributed by atoms with Gasteiger partial charge in [0.05, 0.1) is 0 Å². The summed E-state index contributed by atoms with van der Waals surface area (Å²) in [5.41, 5.74) is 0. The van der Waals surface area contributed by atoms with Gasteiger partial charge in [-0.25, -0.2) is 4.98 Å². The first kappa shape index (κ1) is 10.6. The van der Waals surface area contributed by atoms with E-state index >= 15 is 0 Å². The van der Waals surface area contributed by atoms with Gasteiger partial charge in [-0.3, -0.25) is 4.68 Å². The highest BCUT2D eigenvalue weighted by Gasteiger charge is 2.14. The zero-order chi connectivity index (χ0) is 10.7. The zero-order valence-corrected chi connectivity index (χ0v) is 9.66. The Labute approximate surface area is 91.1 Å². The SMILES string of the molecule is Cc1nc(CCC2CCCNC2)n(C)n1. The topological polar surface area (TPSA) is 42.7 Å². The van der Waals surface area contributed by atoms with E-state index in [4.69, 9.17) is 0 Å². The van der Waals surface area contributed by atoms with Gasteiger partial charge in [-0.2, -0.15) is 5.10 Å². The lowest BCUT2D eigenvalue weighted by Gasteiger charge is -2.22. The van der Waals surface area contributed by atoms with Crippen molar-refractivity contribution < 1.29 is 0 Å². The van der Waals surface area contributed by atoms with Gasteiger partial charge >= 0.3 is 0 Å². The number of nitrogens with zero attached hydrogens (tertiary/aromatic N) is 3. The zero-order valence-electron chi connectivity index (χ0n) is 9.66. The van der Waals surface area contributed by atoms with Crippen LogP contribution < -0.4 is 5.32 Å². The average Bonchev–Trinajstić information content (AvgIpc) is 2.56. The highest BCUT2D eigenvalue weighted by Crippen LogP contribution is 2.16. The molecule has 0 spiro atoms. The van der Waals surface area contributed by atoms with Crippen LogP contribution in [-0.2, 0) is 13.5 Å². The Hall–Kier alpha value is -0.900. The van der Waals surface area contributed by atoms with E-state index in [1.54, 1.807) is 0 Å². The smallest absolute Gasteiger partial charge is 0.147 e. The van der Waals surface area contributed by atoms with E-state index in [2.05, 4.69) is 15.4 Å². The molecule has 4 nitrogen and oxygen atoms in total. The van der Waals surface area contributed by atoms with Crippen LogP contribution in [0.4, 0.5) is 0 Å². The minimum atomic E-state index is 0.829. The molecule has 1 fully saturated rings. The Morgan fingerprint density at radius 1 is 1.53 bits per heavy atom. The summed E-state index contributed by atoms with van der Waals surface area (Å²) in [6.07, 6.45) is 4.98. The molecule has 15 heavy (non-hydrogen) atoms. The van der Waals surface area contributed by atoms with Gasteiger partial charge < -0.3 is 5.32 Å². The number of nitrogens with one attached hydrogen (secondary N) is 1. The standard InChI is InChI=1S/C11H20N4/c1-9-13-11(15(2)14-9)6-5-10-4-3-7-12-8-10/h10,12H,3-8H2,1-2H3. The van der Waals surface area contributed by atoms with Crippen molar-refractivity contribution in [3.63, 3.8) is 0 Å². The van der Waals surface area contributed by atoms with E-state index in [0.717, 1.165) is 24.0 Å². The second-order valence-electron chi connectivity index (χ2n) is 4.45. The molecule has 2 rings (SSSR count). The fraction of sp³-hybridized carbons (Fsp3) is 0.818. The van der Waals surface area contributed by atoms with Gasteiger partial charge in [0.1, 0.15) is 11.6 Å². The first-order chi connectivity index (χ1) is 7.25. The minimum Gasteiger partial charge on any atom is -0.316 e. The summed E-state index contributed by atoms with van der Waals surface area (Å²) >= 11 is 0. The lowest BCUT2D eigenvalue weighted by molar-refractivity contribution is 0.354. The maximum absolute atomic E-state index is 4.43. The first-order valence-corrected chi connectivity index (χ1v) is 5.83. The number of hydrogen-bond acceptors (Lipinski definition) is 3. The quantitative estimate of drug-likeness (QED) is 0.807. The summed E-state index contributed by atoms with van der Waals surface area (Å²) < 4.78 is 1.91. The predicted molar refractivity (Wildman–Crippen MR) is 59.7 cm³/mol. The number of rotatable bonds is 3. The van der Waals surface area contributed by atoms with Crippen LogP contribution >= 0.6 is 0 Å². The molecule has 4 heteroatoms. The molecule has 0 bridgehead atoms. The van der Waals surface area contributed by atoms with Gasteiger partial charge in [0.15, 0.2) is 0 Å². The maximum Gasteiger partial charge on any atom is 0.147 e. The first-order valence-electron chi connectivity index (χ1n) is 5.83. The van der Waals surface area contributed by atoms with Crippen molar-refractivity contribution in [2.45, 2.75) is 32.6 Å². The van der Waals surface area contributed by atoms with Gasteiger partial charge in [0.25, 0.3) is 0 Å². The lowest BCUT2D eigenvalue weighted by Crippen LogP contribution is -2.30. The Kier molecular flexibility index (Phi) is 3.36. The molecule has 84 valence electrons. The van der Waals surface area contributed by atoms with E-state index < -0.39 is 0 Å². The molecule has 0 radical (unpaired) electrons. The molecule has 1 aromatic heterocycles. The third-order valence-electron chi connectivity index (χ3n) is 3.13. The predicted octanol–water partition coefficient (Wildman–Crippen LogP) is 1.06. The molecule has 1 unspecified atom stereocenters. The van der Waals surface area contributed by atoms with Gasteiger partial charge in [0, 0.05) is 13.5 Å². The molecule has 1 aromatic rings. The summed E-state index contributed by atoms with van der Waals surface area (Å²) in [6, 6.07) is 0. The van der Waals surface area contributed by atoms with Crippen molar-refractivity contribution >= 4 is 0 Å².